The van der Waals surface area contributed by atoms with Gasteiger partial charge in [-0.2, -0.15) is 0 Å². The van der Waals surface area contributed by atoms with Crippen molar-refractivity contribution in [1.29, 1.82) is 0 Å². The summed E-state index contributed by atoms with van der Waals surface area (Å²) in [5.41, 5.74) is 0.542. The Kier molecular flexibility index (Phi) is 5.04. The lowest BCUT2D eigenvalue weighted by Crippen LogP contribution is -2.42. The summed E-state index contributed by atoms with van der Waals surface area (Å²) >= 11 is 0. The number of carbonyl (C=O) groups is 1. The molecule has 2 rings (SSSR count). The summed E-state index contributed by atoms with van der Waals surface area (Å²) in [6, 6.07) is 0.443. The van der Waals surface area contributed by atoms with Crippen LogP contribution in [0.3, 0.4) is 0 Å². The van der Waals surface area contributed by atoms with Crippen LogP contribution in [0.1, 0.15) is 64.7 Å². The van der Waals surface area contributed by atoms with E-state index in [4.69, 9.17) is 0 Å². The number of carbonyl (C=O) groups excluding carboxylic acids is 1. The lowest BCUT2D eigenvalue weighted by molar-refractivity contribution is -0.121. The average molecular weight is 252 g/mol. The third-order valence-electron chi connectivity index (χ3n) is 4.49. The molecular formula is C15H28N2O. The van der Waals surface area contributed by atoms with Crippen LogP contribution in [0.2, 0.25) is 0 Å². The van der Waals surface area contributed by atoms with Crippen molar-refractivity contribution in [2.24, 2.45) is 5.41 Å². The molecule has 0 bridgehead atoms. The maximum Gasteiger partial charge on any atom is 0.234 e. The summed E-state index contributed by atoms with van der Waals surface area (Å²) in [4.78, 5) is 11.8. The molecule has 0 aromatic heterocycles. The number of hydrogen-bond acceptors (Lipinski definition) is 2. The van der Waals surface area contributed by atoms with Gasteiger partial charge in [-0.05, 0) is 37.5 Å². The van der Waals surface area contributed by atoms with Crippen LogP contribution < -0.4 is 10.6 Å². The molecule has 3 nitrogen and oxygen atoms in total. The summed E-state index contributed by atoms with van der Waals surface area (Å²) in [5.74, 6) is 0.189. The van der Waals surface area contributed by atoms with Gasteiger partial charge in [0.15, 0.2) is 0 Å². The molecule has 2 aliphatic carbocycles. The fourth-order valence-electron chi connectivity index (χ4n) is 3.19. The summed E-state index contributed by atoms with van der Waals surface area (Å²) < 4.78 is 0. The molecule has 0 atom stereocenters. The molecule has 0 spiro atoms. The van der Waals surface area contributed by atoms with Gasteiger partial charge in [0.25, 0.3) is 0 Å². The van der Waals surface area contributed by atoms with Gasteiger partial charge < -0.3 is 10.6 Å². The van der Waals surface area contributed by atoms with Crippen molar-refractivity contribution < 1.29 is 4.79 Å². The molecule has 0 saturated heterocycles. The van der Waals surface area contributed by atoms with E-state index in [1.54, 1.807) is 0 Å². The highest BCUT2D eigenvalue weighted by Crippen LogP contribution is 2.48. The Morgan fingerprint density at radius 2 is 1.94 bits per heavy atom. The SMILES string of the molecule is CCCC1(CNCC(=O)NC2CCCCC2)CC1. The largest absolute Gasteiger partial charge is 0.352 e. The third-order valence-corrected chi connectivity index (χ3v) is 4.49. The topological polar surface area (TPSA) is 41.1 Å². The second kappa shape index (κ2) is 6.55. The van der Waals surface area contributed by atoms with Gasteiger partial charge in [0.05, 0.1) is 6.54 Å². The van der Waals surface area contributed by atoms with E-state index < -0.39 is 0 Å². The van der Waals surface area contributed by atoms with Gasteiger partial charge >= 0.3 is 0 Å². The van der Waals surface area contributed by atoms with Crippen molar-refractivity contribution in [3.8, 4) is 0 Å². The lowest BCUT2D eigenvalue weighted by atomic mass is 9.95. The minimum atomic E-state index is 0.189. The highest BCUT2D eigenvalue weighted by Gasteiger charge is 2.40. The molecule has 18 heavy (non-hydrogen) atoms. The second-order valence-corrected chi connectivity index (χ2v) is 6.26. The van der Waals surface area contributed by atoms with E-state index in [0.29, 0.717) is 18.0 Å². The predicted molar refractivity (Wildman–Crippen MR) is 74.5 cm³/mol. The quantitative estimate of drug-likeness (QED) is 0.731. The molecule has 104 valence electrons. The monoisotopic (exact) mass is 252 g/mol. The van der Waals surface area contributed by atoms with Crippen molar-refractivity contribution >= 4 is 5.91 Å². The standard InChI is InChI=1S/C15H28N2O/c1-2-8-15(9-10-15)12-16-11-14(18)17-13-6-4-3-5-7-13/h13,16H,2-12H2,1H3,(H,17,18). The summed E-state index contributed by atoms with van der Waals surface area (Å²) in [6.07, 6.45) is 11.5. The van der Waals surface area contributed by atoms with Crippen LogP contribution in [-0.2, 0) is 4.79 Å². The number of amides is 1. The molecule has 2 aliphatic rings. The van der Waals surface area contributed by atoms with Gasteiger partial charge in [0.1, 0.15) is 0 Å². The first-order chi connectivity index (χ1) is 8.74. The fraction of sp³-hybridized carbons (Fsp3) is 0.933. The number of nitrogens with one attached hydrogen (secondary N) is 2. The molecule has 0 aromatic carbocycles. The Hall–Kier alpha value is -0.570. The minimum absolute atomic E-state index is 0.189. The fourth-order valence-corrected chi connectivity index (χ4v) is 3.19. The predicted octanol–water partition coefficient (Wildman–Crippen LogP) is 2.61. The molecule has 1 amide bonds. The number of rotatable bonds is 7. The van der Waals surface area contributed by atoms with Crippen LogP contribution in [0.15, 0.2) is 0 Å². The van der Waals surface area contributed by atoms with Crippen molar-refractivity contribution in [3.63, 3.8) is 0 Å². The van der Waals surface area contributed by atoms with Crippen molar-refractivity contribution in [3.05, 3.63) is 0 Å². The molecule has 2 N–H and O–H groups in total. The zero-order valence-electron chi connectivity index (χ0n) is 11.8. The van der Waals surface area contributed by atoms with Crippen LogP contribution in [0.4, 0.5) is 0 Å². The Labute approximate surface area is 111 Å². The van der Waals surface area contributed by atoms with Gasteiger partial charge in [-0.1, -0.05) is 32.6 Å². The van der Waals surface area contributed by atoms with E-state index >= 15 is 0 Å². The average Bonchev–Trinajstić information content (AvgIpc) is 3.11. The maximum atomic E-state index is 11.8. The van der Waals surface area contributed by atoms with E-state index in [1.807, 2.05) is 0 Å². The summed E-state index contributed by atoms with van der Waals surface area (Å²) in [7, 11) is 0. The van der Waals surface area contributed by atoms with E-state index in [1.165, 1.54) is 57.8 Å². The lowest BCUT2D eigenvalue weighted by Gasteiger charge is -2.23. The molecule has 2 fully saturated rings. The summed E-state index contributed by atoms with van der Waals surface area (Å²) in [5, 5.41) is 6.51. The molecule has 3 heteroatoms. The van der Waals surface area contributed by atoms with Crippen LogP contribution in [0, 0.1) is 5.41 Å². The van der Waals surface area contributed by atoms with Gasteiger partial charge in [0.2, 0.25) is 5.91 Å². The van der Waals surface area contributed by atoms with Crippen molar-refractivity contribution in [2.75, 3.05) is 13.1 Å². The maximum absolute atomic E-state index is 11.8. The van der Waals surface area contributed by atoms with Gasteiger partial charge in [0, 0.05) is 12.6 Å². The second-order valence-electron chi connectivity index (χ2n) is 6.26. The van der Waals surface area contributed by atoms with Crippen LogP contribution in [0.25, 0.3) is 0 Å². The zero-order chi connectivity index (χ0) is 12.8. The minimum Gasteiger partial charge on any atom is -0.352 e. The zero-order valence-corrected chi connectivity index (χ0v) is 11.8. The Morgan fingerprint density at radius 1 is 1.22 bits per heavy atom. The van der Waals surface area contributed by atoms with E-state index in [-0.39, 0.29) is 5.91 Å². The Balaban J connectivity index is 1.57. The molecule has 2 saturated carbocycles. The Morgan fingerprint density at radius 3 is 2.56 bits per heavy atom. The van der Waals surface area contributed by atoms with Crippen LogP contribution >= 0.6 is 0 Å². The first kappa shape index (κ1) is 13.9. The third kappa shape index (κ3) is 4.27. The van der Waals surface area contributed by atoms with Gasteiger partial charge in [-0.15, -0.1) is 0 Å². The van der Waals surface area contributed by atoms with Crippen LogP contribution in [-0.4, -0.2) is 25.0 Å². The first-order valence-electron chi connectivity index (χ1n) is 7.74. The molecule has 0 unspecified atom stereocenters. The van der Waals surface area contributed by atoms with Crippen molar-refractivity contribution in [2.45, 2.75) is 70.8 Å². The molecule has 0 heterocycles. The highest BCUT2D eigenvalue weighted by atomic mass is 16.1. The molecule has 0 aliphatic heterocycles. The smallest absolute Gasteiger partial charge is 0.234 e. The first-order valence-corrected chi connectivity index (χ1v) is 7.74. The highest BCUT2D eigenvalue weighted by molar-refractivity contribution is 5.78. The molecular weight excluding hydrogens is 224 g/mol. The molecule has 0 radical (unpaired) electrons. The Bertz CT molecular complexity index is 268. The van der Waals surface area contributed by atoms with Gasteiger partial charge in [-0.25, -0.2) is 0 Å². The van der Waals surface area contributed by atoms with E-state index in [9.17, 15) is 4.79 Å². The van der Waals surface area contributed by atoms with Crippen LogP contribution in [0.5, 0.6) is 0 Å². The summed E-state index contributed by atoms with van der Waals surface area (Å²) in [6.45, 7) is 3.77. The number of hydrogen-bond donors (Lipinski definition) is 2. The van der Waals surface area contributed by atoms with E-state index in [2.05, 4.69) is 17.6 Å². The van der Waals surface area contributed by atoms with Gasteiger partial charge in [-0.3, -0.25) is 4.79 Å². The van der Waals surface area contributed by atoms with E-state index in [0.717, 1.165) is 6.54 Å². The van der Waals surface area contributed by atoms with Crippen molar-refractivity contribution in [1.82, 2.24) is 10.6 Å². The normalized spacial score (nSPS) is 22.7. The molecule has 0 aromatic rings.